The van der Waals surface area contributed by atoms with Crippen LogP contribution in [0.3, 0.4) is 0 Å². The van der Waals surface area contributed by atoms with Crippen molar-refractivity contribution in [2.24, 2.45) is 5.84 Å². The number of ether oxygens (including phenoxy) is 1. The Labute approximate surface area is 116 Å². The molecule has 6 heteroatoms. The number of nitrogens with zero attached hydrogens (tertiary/aromatic N) is 2. The second kappa shape index (κ2) is 5.54. The van der Waals surface area contributed by atoms with Crippen LogP contribution < -0.4 is 16.0 Å². The lowest BCUT2D eigenvalue weighted by atomic mass is 9.86. The molecular weight excluding hydrogens is 260 g/mol. The molecule has 0 saturated heterocycles. The van der Waals surface area contributed by atoms with Gasteiger partial charge in [0.05, 0.1) is 0 Å². The predicted octanol–water partition coefficient (Wildman–Crippen LogP) is 2.70. The van der Waals surface area contributed by atoms with Crippen molar-refractivity contribution in [3.05, 3.63) is 34.8 Å². The maximum absolute atomic E-state index is 5.85. The van der Waals surface area contributed by atoms with Gasteiger partial charge in [0.1, 0.15) is 12.4 Å². The van der Waals surface area contributed by atoms with Gasteiger partial charge in [-0.25, -0.2) is 5.84 Å². The van der Waals surface area contributed by atoms with Crippen molar-refractivity contribution < 1.29 is 4.74 Å². The van der Waals surface area contributed by atoms with E-state index in [0.29, 0.717) is 11.7 Å². The lowest BCUT2D eigenvalue weighted by Crippen LogP contribution is -2.13. The minimum Gasteiger partial charge on any atom is -0.486 e. The lowest BCUT2D eigenvalue weighted by molar-refractivity contribution is 0.296. The van der Waals surface area contributed by atoms with E-state index in [-0.39, 0.29) is 5.41 Å². The molecule has 2 rings (SSSR count). The van der Waals surface area contributed by atoms with Crippen LogP contribution in [0.15, 0.2) is 24.3 Å². The molecule has 2 aromatic rings. The highest BCUT2D eigenvalue weighted by Gasteiger charge is 2.18. The average Bonchev–Trinajstić information content (AvgIpc) is 2.83. The van der Waals surface area contributed by atoms with E-state index >= 15 is 0 Å². The molecule has 0 bridgehead atoms. The van der Waals surface area contributed by atoms with Crippen molar-refractivity contribution in [3.8, 4) is 5.75 Å². The number of hydrazine groups is 1. The summed E-state index contributed by atoms with van der Waals surface area (Å²) in [4.78, 5) is 0. The van der Waals surface area contributed by atoms with Crippen LogP contribution in [0.5, 0.6) is 5.75 Å². The molecule has 0 aliphatic rings. The fraction of sp³-hybridized carbons (Fsp3) is 0.385. The van der Waals surface area contributed by atoms with E-state index in [1.165, 1.54) is 16.9 Å². The molecule has 3 N–H and O–H groups in total. The maximum atomic E-state index is 5.85. The second-order valence-electron chi connectivity index (χ2n) is 5.18. The van der Waals surface area contributed by atoms with Crippen molar-refractivity contribution in [1.29, 1.82) is 0 Å². The first-order valence-corrected chi connectivity index (χ1v) is 6.83. The van der Waals surface area contributed by atoms with Gasteiger partial charge < -0.3 is 4.74 Å². The smallest absolute Gasteiger partial charge is 0.219 e. The zero-order valence-electron chi connectivity index (χ0n) is 11.3. The summed E-state index contributed by atoms with van der Waals surface area (Å²) in [5, 5.41) is 9.24. The quantitative estimate of drug-likeness (QED) is 0.664. The summed E-state index contributed by atoms with van der Waals surface area (Å²) in [6.07, 6.45) is 0. The van der Waals surface area contributed by atoms with Crippen molar-refractivity contribution in [2.45, 2.75) is 32.8 Å². The number of nitrogen functional groups attached to an aromatic ring is 1. The maximum Gasteiger partial charge on any atom is 0.219 e. The van der Waals surface area contributed by atoms with Gasteiger partial charge in [-0.2, -0.15) is 0 Å². The number of nitrogens with two attached hydrogens (primary N) is 1. The molecule has 1 aromatic carbocycles. The Morgan fingerprint density at radius 3 is 2.63 bits per heavy atom. The Bertz CT molecular complexity index is 548. The highest BCUT2D eigenvalue weighted by atomic mass is 32.1. The first-order chi connectivity index (χ1) is 9.00. The molecule has 0 radical (unpaired) electrons. The van der Waals surface area contributed by atoms with Gasteiger partial charge >= 0.3 is 0 Å². The fourth-order valence-electron chi connectivity index (χ4n) is 1.72. The third kappa shape index (κ3) is 3.42. The van der Waals surface area contributed by atoms with Crippen LogP contribution >= 0.6 is 11.3 Å². The Morgan fingerprint density at radius 2 is 2.00 bits per heavy atom. The van der Waals surface area contributed by atoms with Crippen LogP contribution in [0.1, 0.15) is 31.3 Å². The van der Waals surface area contributed by atoms with Gasteiger partial charge in [0, 0.05) is 0 Å². The minimum atomic E-state index is 0.0433. The number of anilines is 1. The summed E-state index contributed by atoms with van der Waals surface area (Å²) in [7, 11) is 0. The molecule has 0 unspecified atom stereocenters. The first kappa shape index (κ1) is 13.8. The highest BCUT2D eigenvalue weighted by molar-refractivity contribution is 7.15. The SMILES string of the molecule is CC(C)(C)c1ccccc1OCc1nnc(NN)s1. The Morgan fingerprint density at radius 1 is 1.26 bits per heavy atom. The molecule has 0 amide bonds. The average molecular weight is 278 g/mol. The molecule has 1 heterocycles. The van der Waals surface area contributed by atoms with E-state index in [4.69, 9.17) is 10.6 Å². The largest absolute Gasteiger partial charge is 0.486 e. The highest BCUT2D eigenvalue weighted by Crippen LogP contribution is 2.31. The number of hydrogen-bond donors (Lipinski definition) is 2. The number of benzene rings is 1. The van der Waals surface area contributed by atoms with Crippen LogP contribution in [0.4, 0.5) is 5.13 Å². The van der Waals surface area contributed by atoms with Crippen LogP contribution in [-0.2, 0) is 12.0 Å². The summed E-state index contributed by atoms with van der Waals surface area (Å²) in [6.45, 7) is 6.89. The van der Waals surface area contributed by atoms with Crippen molar-refractivity contribution in [2.75, 3.05) is 5.43 Å². The molecule has 5 nitrogen and oxygen atoms in total. The van der Waals surface area contributed by atoms with Gasteiger partial charge in [0.15, 0.2) is 5.01 Å². The molecule has 0 aliphatic carbocycles. The van der Waals surface area contributed by atoms with E-state index in [0.717, 1.165) is 10.8 Å². The van der Waals surface area contributed by atoms with Gasteiger partial charge in [-0.1, -0.05) is 50.3 Å². The zero-order valence-corrected chi connectivity index (χ0v) is 12.1. The van der Waals surface area contributed by atoms with Crippen molar-refractivity contribution >= 4 is 16.5 Å². The number of hydrogen-bond acceptors (Lipinski definition) is 6. The van der Waals surface area contributed by atoms with Gasteiger partial charge in [-0.3, -0.25) is 5.43 Å². The molecule has 0 atom stereocenters. The lowest BCUT2D eigenvalue weighted by Gasteiger charge is -2.22. The minimum absolute atomic E-state index is 0.0433. The standard InChI is InChI=1S/C13H18N4OS/c1-13(2,3)9-6-4-5-7-10(9)18-8-11-16-17-12(15-14)19-11/h4-7H,8,14H2,1-3H3,(H,15,17). The molecular formula is C13H18N4OS. The molecule has 1 aromatic heterocycles. The third-order valence-electron chi connectivity index (χ3n) is 2.64. The Hall–Kier alpha value is -1.66. The van der Waals surface area contributed by atoms with Crippen LogP contribution in [0.25, 0.3) is 0 Å². The van der Waals surface area contributed by atoms with E-state index in [9.17, 15) is 0 Å². The van der Waals surface area contributed by atoms with Crippen LogP contribution in [0, 0.1) is 0 Å². The number of nitrogens with one attached hydrogen (secondary N) is 1. The van der Waals surface area contributed by atoms with Crippen LogP contribution in [0.2, 0.25) is 0 Å². The molecule has 19 heavy (non-hydrogen) atoms. The normalized spacial score (nSPS) is 11.4. The summed E-state index contributed by atoms with van der Waals surface area (Å²) in [5.74, 6) is 6.15. The van der Waals surface area contributed by atoms with Gasteiger partial charge in [0.25, 0.3) is 0 Å². The summed E-state index contributed by atoms with van der Waals surface area (Å²) in [6, 6.07) is 8.05. The van der Waals surface area contributed by atoms with E-state index in [1.54, 1.807) is 0 Å². The zero-order chi connectivity index (χ0) is 13.9. The van der Waals surface area contributed by atoms with E-state index < -0.39 is 0 Å². The van der Waals surface area contributed by atoms with Crippen molar-refractivity contribution in [3.63, 3.8) is 0 Å². The molecule has 0 spiro atoms. The second-order valence-corrected chi connectivity index (χ2v) is 6.24. The molecule has 0 aliphatic heterocycles. The fourth-order valence-corrected chi connectivity index (χ4v) is 2.29. The monoisotopic (exact) mass is 278 g/mol. The van der Waals surface area contributed by atoms with Crippen LogP contribution in [-0.4, -0.2) is 10.2 Å². The topological polar surface area (TPSA) is 73.1 Å². The number of aromatic nitrogens is 2. The third-order valence-corrected chi connectivity index (χ3v) is 3.46. The summed E-state index contributed by atoms with van der Waals surface area (Å²) < 4.78 is 5.85. The van der Waals surface area contributed by atoms with Gasteiger partial charge in [-0.15, -0.1) is 10.2 Å². The number of rotatable bonds is 4. The Kier molecular flexibility index (Phi) is 4.01. The van der Waals surface area contributed by atoms with Gasteiger partial charge in [0.2, 0.25) is 5.13 Å². The molecule has 0 saturated carbocycles. The Balaban J connectivity index is 2.11. The predicted molar refractivity (Wildman–Crippen MR) is 77.2 cm³/mol. The first-order valence-electron chi connectivity index (χ1n) is 6.02. The van der Waals surface area contributed by atoms with Gasteiger partial charge in [-0.05, 0) is 17.0 Å². The summed E-state index contributed by atoms with van der Waals surface area (Å²) >= 11 is 1.38. The van der Waals surface area contributed by atoms with E-state index in [1.807, 2.05) is 18.2 Å². The van der Waals surface area contributed by atoms with Crippen molar-refractivity contribution in [1.82, 2.24) is 10.2 Å². The summed E-state index contributed by atoms with van der Waals surface area (Å²) in [5.41, 5.74) is 3.69. The van der Waals surface area contributed by atoms with E-state index in [2.05, 4.69) is 42.5 Å². The number of para-hydroxylation sites is 1. The molecule has 0 fully saturated rings. The molecule has 102 valence electrons.